The van der Waals surface area contributed by atoms with E-state index in [0.717, 1.165) is 11.8 Å². The highest BCUT2D eigenvalue weighted by molar-refractivity contribution is 7.99. The minimum Gasteiger partial charge on any atom is -0.320 e. The molecule has 0 atom stereocenters. The van der Waals surface area contributed by atoms with Gasteiger partial charge in [-0.15, -0.1) is 10.2 Å². The van der Waals surface area contributed by atoms with Crippen molar-refractivity contribution in [2.24, 2.45) is 0 Å². The first kappa shape index (κ1) is 19.9. The molecule has 0 unspecified atom stereocenters. The number of carbonyl (C=O) groups excluding carboxylic acids is 1. The van der Waals surface area contributed by atoms with Crippen molar-refractivity contribution in [2.45, 2.75) is 5.03 Å². The Morgan fingerprint density at radius 2 is 1.76 bits per heavy atom. The van der Waals surface area contributed by atoms with Gasteiger partial charge in [-0.05, 0) is 18.2 Å². The number of carbonyl (C=O) groups is 1. The zero-order valence-electron chi connectivity index (χ0n) is 14.7. The molecule has 3 rings (SSSR count). The van der Waals surface area contributed by atoms with Crippen LogP contribution in [0, 0.1) is 20.2 Å². The number of rotatable bonds is 7. The van der Waals surface area contributed by atoms with Crippen molar-refractivity contribution in [2.75, 3.05) is 11.1 Å². The van der Waals surface area contributed by atoms with Crippen LogP contribution < -0.4 is 5.32 Å². The molecule has 0 aliphatic heterocycles. The van der Waals surface area contributed by atoms with Crippen molar-refractivity contribution in [1.29, 1.82) is 0 Å². The van der Waals surface area contributed by atoms with Crippen molar-refractivity contribution in [1.82, 2.24) is 10.2 Å². The summed E-state index contributed by atoms with van der Waals surface area (Å²) in [6.45, 7) is 0. The number of nitrogens with zero attached hydrogens (tertiary/aromatic N) is 4. The van der Waals surface area contributed by atoms with Gasteiger partial charge in [0.2, 0.25) is 5.91 Å². The monoisotopic (exact) mass is 411 g/mol. The number of nitrogens with one attached hydrogen (secondary N) is 1. The number of non-ortho nitro benzene ring substituents is 1. The van der Waals surface area contributed by atoms with Crippen LogP contribution in [0.15, 0.2) is 65.7 Å². The normalized spacial score (nSPS) is 10.3. The Morgan fingerprint density at radius 1 is 0.966 bits per heavy atom. The van der Waals surface area contributed by atoms with Gasteiger partial charge in [0.25, 0.3) is 11.4 Å². The van der Waals surface area contributed by atoms with E-state index in [2.05, 4.69) is 15.5 Å². The number of amides is 1. The van der Waals surface area contributed by atoms with Crippen LogP contribution in [0.1, 0.15) is 0 Å². The van der Waals surface area contributed by atoms with E-state index in [0.29, 0.717) is 16.3 Å². The van der Waals surface area contributed by atoms with Crippen LogP contribution >= 0.6 is 11.8 Å². The van der Waals surface area contributed by atoms with Crippen molar-refractivity contribution in [3.8, 4) is 11.3 Å². The van der Waals surface area contributed by atoms with Crippen LogP contribution in [-0.2, 0) is 4.79 Å². The van der Waals surface area contributed by atoms with Gasteiger partial charge < -0.3 is 5.32 Å². The second-order valence-corrected chi connectivity index (χ2v) is 6.67. The predicted octanol–water partition coefficient (Wildman–Crippen LogP) is 3.69. The highest BCUT2D eigenvalue weighted by atomic mass is 32.2. The number of nitro benzene ring substituents is 2. The Bertz CT molecular complexity index is 1070. The van der Waals surface area contributed by atoms with E-state index in [1.54, 1.807) is 30.3 Å². The summed E-state index contributed by atoms with van der Waals surface area (Å²) in [5, 5.41) is 32.9. The maximum Gasteiger partial charge on any atom is 0.292 e. The molecule has 0 saturated carbocycles. The molecule has 146 valence electrons. The molecule has 2 aromatic carbocycles. The molecule has 0 saturated heterocycles. The predicted molar refractivity (Wildman–Crippen MR) is 107 cm³/mol. The standard InChI is InChI=1S/C18H13N5O5S/c24-17(19-15-6-1-2-7-16(15)23(27)28)11-29-18-9-8-14(20-21-18)12-4-3-5-13(10-12)22(25)26/h1-10H,11H2,(H,19,24). The third kappa shape index (κ3) is 5.11. The summed E-state index contributed by atoms with van der Waals surface area (Å²) in [6.07, 6.45) is 0. The van der Waals surface area contributed by atoms with Gasteiger partial charge in [0.1, 0.15) is 10.7 Å². The maximum absolute atomic E-state index is 12.1. The molecule has 11 heteroatoms. The van der Waals surface area contributed by atoms with E-state index in [1.165, 1.54) is 30.3 Å². The summed E-state index contributed by atoms with van der Waals surface area (Å²) in [5.74, 6) is -0.439. The van der Waals surface area contributed by atoms with Crippen molar-refractivity contribution >= 4 is 34.7 Å². The van der Waals surface area contributed by atoms with Gasteiger partial charge in [-0.25, -0.2) is 0 Å². The Hall–Kier alpha value is -3.86. The first-order valence-corrected chi connectivity index (χ1v) is 9.17. The highest BCUT2D eigenvalue weighted by Gasteiger charge is 2.15. The largest absolute Gasteiger partial charge is 0.320 e. The summed E-state index contributed by atoms with van der Waals surface area (Å²) in [5.41, 5.74) is 0.899. The maximum atomic E-state index is 12.1. The van der Waals surface area contributed by atoms with Crippen molar-refractivity contribution < 1.29 is 14.6 Å². The minimum absolute atomic E-state index is 0.0170. The van der Waals surface area contributed by atoms with E-state index < -0.39 is 15.8 Å². The number of thioether (sulfide) groups is 1. The topological polar surface area (TPSA) is 141 Å². The van der Waals surface area contributed by atoms with Gasteiger partial charge in [-0.3, -0.25) is 25.0 Å². The fraction of sp³-hybridized carbons (Fsp3) is 0.0556. The molecule has 1 amide bonds. The Balaban J connectivity index is 1.62. The second-order valence-electron chi connectivity index (χ2n) is 5.68. The molecule has 0 aliphatic rings. The third-order valence-electron chi connectivity index (χ3n) is 3.72. The number of hydrogen-bond acceptors (Lipinski definition) is 8. The molecule has 0 fully saturated rings. The van der Waals surface area contributed by atoms with E-state index in [1.807, 2.05) is 0 Å². The Morgan fingerprint density at radius 3 is 2.45 bits per heavy atom. The van der Waals surface area contributed by atoms with Gasteiger partial charge in [0.05, 0.1) is 21.3 Å². The molecule has 1 heterocycles. The molecule has 10 nitrogen and oxygen atoms in total. The van der Waals surface area contributed by atoms with E-state index in [9.17, 15) is 25.0 Å². The SMILES string of the molecule is O=C(CSc1ccc(-c2cccc([N+](=O)[O-])c2)nn1)Nc1ccccc1[N+](=O)[O-]. The first-order chi connectivity index (χ1) is 13.9. The molecular formula is C18H13N5O5S. The van der Waals surface area contributed by atoms with Crippen molar-refractivity contribution in [3.05, 3.63) is 80.9 Å². The molecule has 0 spiro atoms. The second kappa shape index (κ2) is 8.89. The van der Waals surface area contributed by atoms with Gasteiger partial charge in [0, 0.05) is 23.8 Å². The average molecular weight is 411 g/mol. The van der Waals surface area contributed by atoms with Crippen LogP contribution in [0.2, 0.25) is 0 Å². The van der Waals surface area contributed by atoms with Gasteiger partial charge in [0.15, 0.2) is 0 Å². The molecule has 0 bridgehead atoms. The summed E-state index contributed by atoms with van der Waals surface area (Å²) in [4.78, 5) is 32.9. The summed E-state index contributed by atoms with van der Waals surface area (Å²) in [6, 6.07) is 15.2. The molecule has 29 heavy (non-hydrogen) atoms. The summed E-state index contributed by atoms with van der Waals surface area (Å²) in [7, 11) is 0. The fourth-order valence-electron chi connectivity index (χ4n) is 2.39. The smallest absolute Gasteiger partial charge is 0.292 e. The molecular weight excluding hydrogens is 398 g/mol. The number of anilines is 1. The van der Waals surface area contributed by atoms with E-state index in [4.69, 9.17) is 0 Å². The van der Waals surface area contributed by atoms with E-state index in [-0.39, 0.29) is 22.8 Å². The lowest BCUT2D eigenvalue weighted by molar-refractivity contribution is -0.384. The third-order valence-corrected chi connectivity index (χ3v) is 4.64. The van der Waals surface area contributed by atoms with Gasteiger partial charge in [-0.2, -0.15) is 0 Å². The average Bonchev–Trinajstić information content (AvgIpc) is 2.73. The quantitative estimate of drug-likeness (QED) is 0.352. The minimum atomic E-state index is -0.569. The van der Waals surface area contributed by atoms with Crippen LogP contribution in [0.3, 0.4) is 0 Å². The lowest BCUT2D eigenvalue weighted by Gasteiger charge is -2.06. The number of aromatic nitrogens is 2. The molecule has 1 aromatic heterocycles. The molecule has 3 aromatic rings. The van der Waals surface area contributed by atoms with Crippen LogP contribution in [0.4, 0.5) is 17.1 Å². The van der Waals surface area contributed by atoms with Crippen molar-refractivity contribution in [3.63, 3.8) is 0 Å². The van der Waals surface area contributed by atoms with Gasteiger partial charge in [-0.1, -0.05) is 36.0 Å². The lowest BCUT2D eigenvalue weighted by Crippen LogP contribution is -2.15. The zero-order chi connectivity index (χ0) is 20.8. The fourth-order valence-corrected chi connectivity index (χ4v) is 3.01. The van der Waals surface area contributed by atoms with Gasteiger partial charge >= 0.3 is 0 Å². The number of nitro groups is 2. The zero-order valence-corrected chi connectivity index (χ0v) is 15.5. The summed E-state index contributed by atoms with van der Waals surface area (Å²) >= 11 is 1.11. The van der Waals surface area contributed by atoms with Crippen LogP contribution in [0.5, 0.6) is 0 Å². The molecule has 1 N–H and O–H groups in total. The summed E-state index contributed by atoms with van der Waals surface area (Å²) < 4.78 is 0. The number of para-hydroxylation sites is 2. The highest BCUT2D eigenvalue weighted by Crippen LogP contribution is 2.25. The number of hydrogen-bond donors (Lipinski definition) is 1. The molecule has 0 radical (unpaired) electrons. The Kier molecular flexibility index (Phi) is 6.09. The lowest BCUT2D eigenvalue weighted by atomic mass is 10.1. The van der Waals surface area contributed by atoms with E-state index >= 15 is 0 Å². The van der Waals surface area contributed by atoms with Crippen LogP contribution in [-0.4, -0.2) is 31.7 Å². The Labute approximate surface area is 168 Å². The first-order valence-electron chi connectivity index (χ1n) is 8.18. The van der Waals surface area contributed by atoms with Crippen LogP contribution in [0.25, 0.3) is 11.3 Å². The number of benzene rings is 2. The molecule has 0 aliphatic carbocycles.